The number of aliphatic hydroxyl groups excluding tert-OH is 1. The highest BCUT2D eigenvalue weighted by molar-refractivity contribution is 9.10. The van der Waals surface area contributed by atoms with Crippen molar-refractivity contribution in [3.63, 3.8) is 0 Å². The van der Waals surface area contributed by atoms with Gasteiger partial charge < -0.3 is 5.11 Å². The van der Waals surface area contributed by atoms with E-state index in [1.807, 2.05) is 38.1 Å². The van der Waals surface area contributed by atoms with Gasteiger partial charge in [0.25, 0.3) is 0 Å². The molecule has 0 fully saturated rings. The molecule has 94 valence electrons. The van der Waals surface area contributed by atoms with Crippen molar-refractivity contribution in [3.8, 4) is 0 Å². The molecule has 0 aliphatic carbocycles. The molecule has 0 aliphatic heterocycles. The van der Waals surface area contributed by atoms with Crippen molar-refractivity contribution in [2.24, 2.45) is 5.92 Å². The van der Waals surface area contributed by atoms with Gasteiger partial charge in [-0.2, -0.15) is 11.8 Å². The number of carbonyl (C=O) groups is 1. The zero-order chi connectivity index (χ0) is 12.8. The van der Waals surface area contributed by atoms with Crippen molar-refractivity contribution >= 4 is 33.5 Å². The molecule has 4 heteroatoms. The number of aliphatic hydroxyl groups is 1. The first-order valence-electron chi connectivity index (χ1n) is 5.56. The van der Waals surface area contributed by atoms with Crippen LogP contribution in [-0.4, -0.2) is 28.5 Å². The van der Waals surface area contributed by atoms with Crippen molar-refractivity contribution < 1.29 is 9.90 Å². The van der Waals surface area contributed by atoms with E-state index in [-0.39, 0.29) is 23.6 Å². The molecule has 0 saturated heterocycles. The molecular formula is C13H17BrO2S. The minimum absolute atomic E-state index is 0.0647. The number of carbonyl (C=O) groups excluding carboxylic acids is 1. The van der Waals surface area contributed by atoms with Gasteiger partial charge in [0.1, 0.15) is 0 Å². The summed E-state index contributed by atoms with van der Waals surface area (Å²) in [5.41, 5.74) is 0.741. The molecule has 17 heavy (non-hydrogen) atoms. The molecule has 0 radical (unpaired) electrons. The number of thioether (sulfide) groups is 1. The van der Waals surface area contributed by atoms with Crippen molar-refractivity contribution in [1.29, 1.82) is 0 Å². The van der Waals surface area contributed by atoms with E-state index in [9.17, 15) is 4.79 Å². The van der Waals surface area contributed by atoms with Crippen LogP contribution in [0.25, 0.3) is 0 Å². The normalized spacial score (nSPS) is 14.4. The van der Waals surface area contributed by atoms with E-state index < -0.39 is 0 Å². The summed E-state index contributed by atoms with van der Waals surface area (Å²) in [4.78, 5) is 12.1. The van der Waals surface area contributed by atoms with Crippen molar-refractivity contribution in [2.75, 3.05) is 12.4 Å². The molecular weight excluding hydrogens is 300 g/mol. The first-order valence-corrected chi connectivity index (χ1v) is 7.41. The van der Waals surface area contributed by atoms with E-state index in [0.717, 1.165) is 15.8 Å². The summed E-state index contributed by atoms with van der Waals surface area (Å²) in [7, 11) is 0. The fourth-order valence-electron chi connectivity index (χ4n) is 1.29. The number of benzene rings is 1. The maximum Gasteiger partial charge on any atom is 0.175 e. The highest BCUT2D eigenvalue weighted by Crippen LogP contribution is 2.20. The van der Waals surface area contributed by atoms with Gasteiger partial charge in [0.2, 0.25) is 0 Å². The van der Waals surface area contributed by atoms with Gasteiger partial charge in [0.15, 0.2) is 5.78 Å². The van der Waals surface area contributed by atoms with E-state index in [2.05, 4.69) is 15.9 Å². The third-order valence-electron chi connectivity index (χ3n) is 2.44. The summed E-state index contributed by atoms with van der Waals surface area (Å²) in [6, 6.07) is 7.42. The predicted molar refractivity (Wildman–Crippen MR) is 76.6 cm³/mol. The zero-order valence-corrected chi connectivity index (χ0v) is 12.4. The summed E-state index contributed by atoms with van der Waals surface area (Å²) >= 11 is 4.94. The van der Waals surface area contributed by atoms with E-state index in [0.29, 0.717) is 0 Å². The van der Waals surface area contributed by atoms with Crippen LogP contribution in [0.2, 0.25) is 0 Å². The van der Waals surface area contributed by atoms with Crippen LogP contribution in [0.5, 0.6) is 0 Å². The fraction of sp³-hybridized carbons (Fsp3) is 0.462. The van der Waals surface area contributed by atoms with Crippen LogP contribution in [0.15, 0.2) is 28.7 Å². The monoisotopic (exact) mass is 316 g/mol. The first-order chi connectivity index (χ1) is 8.04. The Morgan fingerprint density at radius 2 is 1.94 bits per heavy atom. The lowest BCUT2D eigenvalue weighted by Gasteiger charge is -2.13. The number of halogens is 1. The molecule has 0 aromatic heterocycles. The lowest BCUT2D eigenvalue weighted by atomic mass is 10.1. The molecule has 1 aromatic rings. The molecule has 1 N–H and O–H groups in total. The van der Waals surface area contributed by atoms with Gasteiger partial charge in [-0.05, 0) is 30.7 Å². The second-order valence-electron chi connectivity index (χ2n) is 4.13. The number of Topliss-reactive ketones (excluding diaryl/α,β-unsaturated/α-hetero) is 1. The maximum absolute atomic E-state index is 12.1. The summed E-state index contributed by atoms with van der Waals surface area (Å²) in [6.45, 7) is 4.06. The molecule has 0 bridgehead atoms. The molecule has 1 aromatic carbocycles. The van der Waals surface area contributed by atoms with E-state index in [1.54, 1.807) is 11.8 Å². The average Bonchev–Trinajstić information content (AvgIpc) is 2.35. The van der Waals surface area contributed by atoms with Gasteiger partial charge >= 0.3 is 0 Å². The topological polar surface area (TPSA) is 37.3 Å². The third-order valence-corrected chi connectivity index (χ3v) is 4.44. The van der Waals surface area contributed by atoms with E-state index >= 15 is 0 Å². The summed E-state index contributed by atoms with van der Waals surface area (Å²) in [5, 5.41) is 8.87. The number of rotatable bonds is 6. The van der Waals surface area contributed by atoms with Gasteiger partial charge in [-0.3, -0.25) is 4.79 Å². The Kier molecular flexibility index (Phi) is 6.23. The Morgan fingerprint density at radius 1 is 1.35 bits per heavy atom. The van der Waals surface area contributed by atoms with Crippen LogP contribution in [0.1, 0.15) is 24.2 Å². The van der Waals surface area contributed by atoms with Crippen LogP contribution in [-0.2, 0) is 0 Å². The molecule has 2 atom stereocenters. The van der Waals surface area contributed by atoms with Gasteiger partial charge in [0, 0.05) is 16.6 Å². The molecule has 2 nitrogen and oxygen atoms in total. The largest absolute Gasteiger partial charge is 0.396 e. The number of hydrogen-bond acceptors (Lipinski definition) is 3. The van der Waals surface area contributed by atoms with Crippen molar-refractivity contribution in [3.05, 3.63) is 34.3 Å². The molecule has 0 amide bonds. The lowest BCUT2D eigenvalue weighted by Crippen LogP contribution is -2.16. The maximum atomic E-state index is 12.1. The van der Waals surface area contributed by atoms with Crippen LogP contribution in [0.3, 0.4) is 0 Å². The van der Waals surface area contributed by atoms with Gasteiger partial charge in [0.05, 0.1) is 5.25 Å². The zero-order valence-electron chi connectivity index (χ0n) is 10.0. The summed E-state index contributed by atoms with van der Waals surface area (Å²) < 4.78 is 0.975. The molecule has 0 heterocycles. The summed E-state index contributed by atoms with van der Waals surface area (Å²) in [6.07, 6.45) is 0. The van der Waals surface area contributed by atoms with E-state index in [4.69, 9.17) is 5.11 Å². The highest BCUT2D eigenvalue weighted by Gasteiger charge is 2.16. The molecule has 0 saturated carbocycles. The standard InChI is InChI=1S/C13H17BrO2S/c1-9(7-15)8-17-10(2)13(16)11-3-5-12(14)6-4-11/h3-6,9-10,15H,7-8H2,1-2H3. The van der Waals surface area contributed by atoms with Crippen LogP contribution in [0.4, 0.5) is 0 Å². The Labute approximate surface area is 115 Å². The Bertz CT molecular complexity index is 364. The molecule has 1 rings (SSSR count). The average molecular weight is 317 g/mol. The predicted octanol–water partition coefficient (Wildman–Crippen LogP) is 3.38. The van der Waals surface area contributed by atoms with Crippen molar-refractivity contribution in [2.45, 2.75) is 19.1 Å². The summed E-state index contributed by atoms with van der Waals surface area (Å²) in [5.74, 6) is 1.19. The minimum Gasteiger partial charge on any atom is -0.396 e. The van der Waals surface area contributed by atoms with E-state index in [1.165, 1.54) is 0 Å². The van der Waals surface area contributed by atoms with Gasteiger partial charge in [-0.15, -0.1) is 0 Å². The lowest BCUT2D eigenvalue weighted by molar-refractivity contribution is 0.0994. The SMILES string of the molecule is CC(CO)CSC(C)C(=O)c1ccc(Br)cc1. The molecule has 0 spiro atoms. The van der Waals surface area contributed by atoms with Crippen LogP contribution >= 0.6 is 27.7 Å². The Morgan fingerprint density at radius 3 is 2.47 bits per heavy atom. The first kappa shape index (κ1) is 14.7. The highest BCUT2D eigenvalue weighted by atomic mass is 79.9. The smallest absolute Gasteiger partial charge is 0.175 e. The number of ketones is 1. The van der Waals surface area contributed by atoms with Crippen LogP contribution in [0, 0.1) is 5.92 Å². The van der Waals surface area contributed by atoms with Gasteiger partial charge in [-0.1, -0.05) is 35.0 Å². The Hall–Kier alpha value is -0.320. The molecule has 0 aliphatic rings. The minimum atomic E-state index is -0.0647. The Balaban J connectivity index is 2.54. The molecule has 2 unspecified atom stereocenters. The second-order valence-corrected chi connectivity index (χ2v) is 6.42. The second kappa shape index (κ2) is 7.19. The van der Waals surface area contributed by atoms with Crippen LogP contribution < -0.4 is 0 Å². The fourth-order valence-corrected chi connectivity index (χ4v) is 2.56. The quantitative estimate of drug-likeness (QED) is 0.817. The van der Waals surface area contributed by atoms with Gasteiger partial charge in [-0.25, -0.2) is 0 Å². The third kappa shape index (κ3) is 4.82. The van der Waals surface area contributed by atoms with Crippen molar-refractivity contribution in [1.82, 2.24) is 0 Å². The number of hydrogen-bond donors (Lipinski definition) is 1.